The van der Waals surface area contributed by atoms with Gasteiger partial charge in [-0.25, -0.2) is 9.97 Å². The Morgan fingerprint density at radius 1 is 1.25 bits per heavy atom. The minimum atomic E-state index is -0.234. The van der Waals surface area contributed by atoms with Crippen molar-refractivity contribution < 1.29 is 14.0 Å². The fourth-order valence-corrected chi connectivity index (χ4v) is 3.11. The first-order chi connectivity index (χ1) is 13.7. The summed E-state index contributed by atoms with van der Waals surface area (Å²) in [7, 11) is 0. The van der Waals surface area contributed by atoms with Gasteiger partial charge in [0.15, 0.2) is 5.82 Å². The van der Waals surface area contributed by atoms with E-state index in [2.05, 4.69) is 20.3 Å². The number of nitrogens with one attached hydrogen (secondary N) is 1. The molecule has 0 saturated heterocycles. The SMILES string of the molecule is O=C(CN1CCCc2nc(-c3ccncc3)ncc2C1=O)NCc1ccco1. The average Bonchev–Trinajstić information content (AvgIpc) is 3.20. The first kappa shape index (κ1) is 17.8. The lowest BCUT2D eigenvalue weighted by Crippen LogP contribution is -2.40. The number of fused-ring (bicyclic) bond motifs is 1. The topological polar surface area (TPSA) is 101 Å². The van der Waals surface area contributed by atoms with E-state index in [1.807, 2.05) is 12.1 Å². The Hall–Kier alpha value is -3.55. The van der Waals surface area contributed by atoms with Crippen molar-refractivity contribution in [3.63, 3.8) is 0 Å². The maximum atomic E-state index is 12.9. The zero-order valence-corrected chi connectivity index (χ0v) is 15.2. The smallest absolute Gasteiger partial charge is 0.257 e. The lowest BCUT2D eigenvalue weighted by atomic mass is 10.1. The van der Waals surface area contributed by atoms with Crippen LogP contribution in [0.25, 0.3) is 11.4 Å². The molecule has 8 heteroatoms. The Kier molecular flexibility index (Phi) is 5.09. The Balaban J connectivity index is 1.46. The molecule has 1 aliphatic heterocycles. The van der Waals surface area contributed by atoms with Crippen molar-refractivity contribution in [3.8, 4) is 11.4 Å². The van der Waals surface area contributed by atoms with Crippen LogP contribution in [0.4, 0.5) is 0 Å². The van der Waals surface area contributed by atoms with Crippen molar-refractivity contribution in [1.29, 1.82) is 0 Å². The van der Waals surface area contributed by atoms with Gasteiger partial charge in [-0.05, 0) is 37.1 Å². The van der Waals surface area contributed by atoms with E-state index in [0.717, 1.165) is 12.0 Å². The normalized spacial score (nSPS) is 13.7. The number of carbonyl (C=O) groups is 2. The summed E-state index contributed by atoms with van der Waals surface area (Å²) in [5.41, 5.74) is 2.02. The van der Waals surface area contributed by atoms with E-state index < -0.39 is 0 Å². The van der Waals surface area contributed by atoms with Gasteiger partial charge >= 0.3 is 0 Å². The van der Waals surface area contributed by atoms with Crippen LogP contribution in [-0.2, 0) is 17.8 Å². The monoisotopic (exact) mass is 377 g/mol. The van der Waals surface area contributed by atoms with E-state index in [1.54, 1.807) is 41.9 Å². The largest absolute Gasteiger partial charge is 0.467 e. The highest BCUT2D eigenvalue weighted by atomic mass is 16.3. The summed E-state index contributed by atoms with van der Waals surface area (Å²) in [6, 6.07) is 7.20. The van der Waals surface area contributed by atoms with Gasteiger partial charge in [0.05, 0.1) is 30.6 Å². The Labute approximate surface area is 161 Å². The third-order valence-corrected chi connectivity index (χ3v) is 4.54. The number of aryl methyl sites for hydroxylation is 1. The molecule has 142 valence electrons. The van der Waals surface area contributed by atoms with E-state index in [4.69, 9.17) is 4.42 Å². The predicted octanol–water partition coefficient (Wildman–Crippen LogP) is 1.84. The lowest BCUT2D eigenvalue weighted by Gasteiger charge is -2.20. The third kappa shape index (κ3) is 3.90. The molecule has 1 aliphatic rings. The van der Waals surface area contributed by atoms with Crippen molar-refractivity contribution in [2.24, 2.45) is 0 Å². The Bertz CT molecular complexity index is 973. The number of amides is 2. The van der Waals surface area contributed by atoms with Crippen LogP contribution in [0.15, 0.2) is 53.5 Å². The second kappa shape index (κ2) is 7.99. The minimum Gasteiger partial charge on any atom is -0.467 e. The summed E-state index contributed by atoms with van der Waals surface area (Å²) in [5.74, 6) is 0.779. The van der Waals surface area contributed by atoms with E-state index in [1.165, 1.54) is 0 Å². The Morgan fingerprint density at radius 3 is 2.89 bits per heavy atom. The highest BCUT2D eigenvalue weighted by Gasteiger charge is 2.26. The van der Waals surface area contributed by atoms with Crippen molar-refractivity contribution in [2.45, 2.75) is 19.4 Å². The quantitative estimate of drug-likeness (QED) is 0.728. The summed E-state index contributed by atoms with van der Waals surface area (Å²) >= 11 is 0. The van der Waals surface area contributed by atoms with Gasteiger partial charge in [0.1, 0.15) is 5.76 Å². The van der Waals surface area contributed by atoms with Crippen LogP contribution in [0, 0.1) is 0 Å². The van der Waals surface area contributed by atoms with Crippen molar-refractivity contribution >= 4 is 11.8 Å². The fraction of sp³-hybridized carbons (Fsp3) is 0.250. The lowest BCUT2D eigenvalue weighted by molar-refractivity contribution is -0.122. The van der Waals surface area contributed by atoms with Crippen LogP contribution < -0.4 is 5.32 Å². The molecule has 0 saturated carbocycles. The molecule has 3 aromatic rings. The van der Waals surface area contributed by atoms with E-state index >= 15 is 0 Å². The first-order valence-electron chi connectivity index (χ1n) is 9.05. The number of furan rings is 1. The number of nitrogens with zero attached hydrogens (tertiary/aromatic N) is 4. The second-order valence-corrected chi connectivity index (χ2v) is 6.48. The molecule has 0 fully saturated rings. The van der Waals surface area contributed by atoms with Crippen molar-refractivity contribution in [3.05, 3.63) is 66.1 Å². The van der Waals surface area contributed by atoms with Crippen LogP contribution in [-0.4, -0.2) is 44.8 Å². The maximum absolute atomic E-state index is 12.9. The zero-order valence-electron chi connectivity index (χ0n) is 15.2. The predicted molar refractivity (Wildman–Crippen MR) is 100 cm³/mol. The van der Waals surface area contributed by atoms with E-state index in [0.29, 0.717) is 42.4 Å². The fourth-order valence-electron chi connectivity index (χ4n) is 3.11. The first-order valence-corrected chi connectivity index (χ1v) is 9.05. The number of aromatic nitrogens is 3. The summed E-state index contributed by atoms with van der Waals surface area (Å²) < 4.78 is 5.19. The zero-order chi connectivity index (χ0) is 19.3. The van der Waals surface area contributed by atoms with E-state index in [9.17, 15) is 9.59 Å². The molecule has 0 bridgehead atoms. The van der Waals surface area contributed by atoms with Crippen molar-refractivity contribution in [1.82, 2.24) is 25.2 Å². The van der Waals surface area contributed by atoms with Gasteiger partial charge in [-0.1, -0.05) is 0 Å². The van der Waals surface area contributed by atoms with E-state index in [-0.39, 0.29) is 18.4 Å². The number of carbonyl (C=O) groups excluding carboxylic acids is 2. The van der Waals surface area contributed by atoms with Gasteiger partial charge in [-0.2, -0.15) is 0 Å². The molecular formula is C20H19N5O3. The molecule has 0 aliphatic carbocycles. The molecule has 4 heterocycles. The minimum absolute atomic E-state index is 0.00884. The number of rotatable bonds is 5. The molecule has 2 amide bonds. The molecule has 0 aromatic carbocycles. The summed E-state index contributed by atoms with van der Waals surface area (Å²) in [4.78, 5) is 39.6. The summed E-state index contributed by atoms with van der Waals surface area (Å²) in [6.45, 7) is 0.780. The maximum Gasteiger partial charge on any atom is 0.257 e. The average molecular weight is 377 g/mol. The molecule has 1 N–H and O–H groups in total. The highest BCUT2D eigenvalue weighted by Crippen LogP contribution is 2.20. The molecule has 0 spiro atoms. The standard InChI is InChI=1S/C20H19N5O3/c26-18(22-11-15-3-2-10-28-15)13-25-9-1-4-17-16(20(25)27)12-23-19(24-17)14-5-7-21-8-6-14/h2-3,5-8,10,12H,1,4,9,11,13H2,(H,22,26). The number of pyridine rings is 1. The summed E-state index contributed by atoms with van der Waals surface area (Å²) in [5, 5.41) is 2.76. The van der Waals surface area contributed by atoms with Crippen LogP contribution in [0.1, 0.15) is 28.2 Å². The number of hydrogen-bond donors (Lipinski definition) is 1. The molecular weight excluding hydrogens is 358 g/mol. The molecule has 3 aromatic heterocycles. The van der Waals surface area contributed by atoms with Crippen LogP contribution in [0.5, 0.6) is 0 Å². The van der Waals surface area contributed by atoms with Gasteiger partial charge in [-0.3, -0.25) is 14.6 Å². The van der Waals surface area contributed by atoms with Crippen LogP contribution in [0.2, 0.25) is 0 Å². The molecule has 0 radical (unpaired) electrons. The third-order valence-electron chi connectivity index (χ3n) is 4.54. The van der Waals surface area contributed by atoms with Gasteiger partial charge in [0, 0.05) is 30.7 Å². The molecule has 4 rings (SSSR count). The molecule has 28 heavy (non-hydrogen) atoms. The second-order valence-electron chi connectivity index (χ2n) is 6.48. The van der Waals surface area contributed by atoms with Gasteiger partial charge in [-0.15, -0.1) is 0 Å². The Morgan fingerprint density at radius 2 is 2.11 bits per heavy atom. The highest BCUT2D eigenvalue weighted by molar-refractivity contribution is 5.97. The van der Waals surface area contributed by atoms with Crippen LogP contribution >= 0.6 is 0 Å². The molecule has 0 atom stereocenters. The van der Waals surface area contributed by atoms with Gasteiger partial charge in [0.25, 0.3) is 5.91 Å². The van der Waals surface area contributed by atoms with Gasteiger partial charge < -0.3 is 14.6 Å². The molecule has 0 unspecified atom stereocenters. The van der Waals surface area contributed by atoms with Crippen molar-refractivity contribution in [2.75, 3.05) is 13.1 Å². The molecule has 8 nitrogen and oxygen atoms in total. The van der Waals surface area contributed by atoms with Gasteiger partial charge in [0.2, 0.25) is 5.91 Å². The van der Waals surface area contributed by atoms with Crippen LogP contribution in [0.3, 0.4) is 0 Å². The summed E-state index contributed by atoms with van der Waals surface area (Å²) in [6.07, 6.45) is 7.86. The number of hydrogen-bond acceptors (Lipinski definition) is 6.